The lowest BCUT2D eigenvalue weighted by Gasteiger charge is -1.98. The summed E-state index contributed by atoms with van der Waals surface area (Å²) in [5, 5.41) is 14.9. The zero-order chi connectivity index (χ0) is 16.4. The summed E-state index contributed by atoms with van der Waals surface area (Å²) < 4.78 is 0. The number of hydrogen-bond donors (Lipinski definition) is 1. The highest BCUT2D eigenvalue weighted by atomic mass is 32.1. The molecule has 1 aromatic carbocycles. The molecule has 0 aliphatic heterocycles. The topological polar surface area (TPSA) is 67.8 Å². The van der Waals surface area contributed by atoms with E-state index in [1.807, 2.05) is 31.2 Å². The molecular formula is C16H16N4OS2. The second-order valence-corrected chi connectivity index (χ2v) is 7.33. The zero-order valence-corrected chi connectivity index (χ0v) is 14.7. The van der Waals surface area contributed by atoms with Gasteiger partial charge in [0.15, 0.2) is 0 Å². The van der Waals surface area contributed by atoms with Gasteiger partial charge < -0.3 is 0 Å². The van der Waals surface area contributed by atoms with Crippen LogP contribution in [0.4, 0.5) is 5.13 Å². The van der Waals surface area contributed by atoms with Crippen LogP contribution >= 0.6 is 22.7 Å². The molecule has 0 spiro atoms. The van der Waals surface area contributed by atoms with Crippen LogP contribution in [-0.4, -0.2) is 21.1 Å². The van der Waals surface area contributed by atoms with Gasteiger partial charge in [0, 0.05) is 16.9 Å². The SMILES string of the molecule is Cc1ccc(-c2nnc(NC(=O)c3csc(C(C)C)n3)s2)cc1. The van der Waals surface area contributed by atoms with Crippen molar-refractivity contribution in [3.05, 3.63) is 45.9 Å². The number of aromatic nitrogens is 3. The smallest absolute Gasteiger partial charge is 0.276 e. The van der Waals surface area contributed by atoms with E-state index in [4.69, 9.17) is 0 Å². The van der Waals surface area contributed by atoms with E-state index < -0.39 is 0 Å². The van der Waals surface area contributed by atoms with Crippen LogP contribution < -0.4 is 5.32 Å². The standard InChI is InChI=1S/C16H16N4OS2/c1-9(2)14-17-12(8-22-14)13(21)18-16-20-19-15(23-16)11-6-4-10(3)5-7-11/h4-9H,1-3H3,(H,18,20,21). The van der Waals surface area contributed by atoms with Crippen LogP contribution in [0.2, 0.25) is 0 Å². The largest absolute Gasteiger partial charge is 0.295 e. The Morgan fingerprint density at radius 2 is 1.91 bits per heavy atom. The lowest BCUT2D eigenvalue weighted by atomic mass is 10.2. The van der Waals surface area contributed by atoms with Gasteiger partial charge in [-0.25, -0.2) is 4.98 Å². The van der Waals surface area contributed by atoms with Crippen molar-refractivity contribution in [1.82, 2.24) is 15.2 Å². The van der Waals surface area contributed by atoms with Gasteiger partial charge in [0.25, 0.3) is 5.91 Å². The third-order valence-corrected chi connectivity index (χ3v) is 5.23. The van der Waals surface area contributed by atoms with E-state index in [0.29, 0.717) is 16.7 Å². The van der Waals surface area contributed by atoms with E-state index in [0.717, 1.165) is 15.6 Å². The van der Waals surface area contributed by atoms with Gasteiger partial charge in [0.1, 0.15) is 10.7 Å². The average Bonchev–Trinajstić information content (AvgIpc) is 3.17. The van der Waals surface area contributed by atoms with Gasteiger partial charge in [-0.15, -0.1) is 21.5 Å². The van der Waals surface area contributed by atoms with E-state index >= 15 is 0 Å². The molecule has 23 heavy (non-hydrogen) atoms. The van der Waals surface area contributed by atoms with Crippen LogP contribution in [0, 0.1) is 6.92 Å². The summed E-state index contributed by atoms with van der Waals surface area (Å²) in [6.45, 7) is 6.15. The zero-order valence-electron chi connectivity index (χ0n) is 13.0. The van der Waals surface area contributed by atoms with Gasteiger partial charge >= 0.3 is 0 Å². The summed E-state index contributed by atoms with van der Waals surface area (Å²) in [6, 6.07) is 8.04. The highest BCUT2D eigenvalue weighted by Gasteiger charge is 2.15. The number of carbonyl (C=O) groups excluding carboxylic acids is 1. The summed E-state index contributed by atoms with van der Waals surface area (Å²) in [6.07, 6.45) is 0. The Balaban J connectivity index is 1.73. The van der Waals surface area contributed by atoms with Gasteiger partial charge in [0.2, 0.25) is 5.13 Å². The van der Waals surface area contributed by atoms with Crippen molar-refractivity contribution in [3.63, 3.8) is 0 Å². The number of thiazole rings is 1. The van der Waals surface area contributed by atoms with Gasteiger partial charge in [-0.05, 0) is 6.92 Å². The molecule has 0 saturated carbocycles. The fourth-order valence-corrected chi connectivity index (χ4v) is 3.46. The van der Waals surface area contributed by atoms with E-state index in [1.165, 1.54) is 28.2 Å². The Hall–Kier alpha value is -2.12. The molecule has 0 saturated heterocycles. The molecule has 5 nitrogen and oxygen atoms in total. The first-order valence-electron chi connectivity index (χ1n) is 7.20. The fourth-order valence-electron chi connectivity index (χ4n) is 1.90. The molecule has 3 aromatic rings. The normalized spacial score (nSPS) is 11.0. The van der Waals surface area contributed by atoms with E-state index in [-0.39, 0.29) is 5.91 Å². The summed E-state index contributed by atoms with van der Waals surface area (Å²) in [5.41, 5.74) is 2.60. The number of amides is 1. The highest BCUT2D eigenvalue weighted by molar-refractivity contribution is 7.18. The molecule has 0 radical (unpaired) electrons. The Labute approximate surface area is 142 Å². The maximum Gasteiger partial charge on any atom is 0.276 e. The van der Waals surface area contributed by atoms with Crippen LogP contribution in [0.25, 0.3) is 10.6 Å². The summed E-state index contributed by atoms with van der Waals surface area (Å²) in [4.78, 5) is 16.6. The molecular weight excluding hydrogens is 328 g/mol. The maximum atomic E-state index is 12.2. The quantitative estimate of drug-likeness (QED) is 0.764. The number of rotatable bonds is 4. The monoisotopic (exact) mass is 344 g/mol. The minimum atomic E-state index is -0.250. The van der Waals surface area contributed by atoms with Crippen LogP contribution in [0.15, 0.2) is 29.6 Å². The highest BCUT2D eigenvalue weighted by Crippen LogP contribution is 2.27. The Bertz CT molecular complexity index is 821. The lowest BCUT2D eigenvalue weighted by molar-refractivity contribution is 0.102. The fraction of sp³-hybridized carbons (Fsp3) is 0.250. The van der Waals surface area contributed by atoms with Gasteiger partial charge in [-0.2, -0.15) is 0 Å². The van der Waals surface area contributed by atoms with E-state index in [2.05, 4.69) is 34.3 Å². The second-order valence-electron chi connectivity index (χ2n) is 5.46. The number of anilines is 1. The second kappa shape index (κ2) is 6.55. The first-order chi connectivity index (χ1) is 11.0. The third kappa shape index (κ3) is 3.62. The van der Waals surface area contributed by atoms with Crippen molar-refractivity contribution in [3.8, 4) is 10.6 Å². The number of nitrogens with one attached hydrogen (secondary N) is 1. The van der Waals surface area contributed by atoms with Crippen LogP contribution in [-0.2, 0) is 0 Å². The summed E-state index contributed by atoms with van der Waals surface area (Å²) in [5.74, 6) is 0.0657. The van der Waals surface area contributed by atoms with Crippen molar-refractivity contribution < 1.29 is 4.79 Å². The molecule has 0 bridgehead atoms. The van der Waals surface area contributed by atoms with Crippen LogP contribution in [0.5, 0.6) is 0 Å². The summed E-state index contributed by atoms with van der Waals surface area (Å²) in [7, 11) is 0. The van der Waals surface area contributed by atoms with Crippen molar-refractivity contribution in [2.75, 3.05) is 5.32 Å². The minimum absolute atomic E-state index is 0.250. The van der Waals surface area contributed by atoms with Crippen molar-refractivity contribution in [2.24, 2.45) is 0 Å². The molecule has 0 atom stereocenters. The molecule has 1 N–H and O–H groups in total. The Morgan fingerprint density at radius 1 is 1.17 bits per heavy atom. The lowest BCUT2D eigenvalue weighted by Crippen LogP contribution is -2.12. The molecule has 3 rings (SSSR count). The average molecular weight is 344 g/mol. The van der Waals surface area contributed by atoms with Gasteiger partial charge in [0.05, 0.1) is 5.01 Å². The van der Waals surface area contributed by atoms with Crippen molar-refractivity contribution in [1.29, 1.82) is 0 Å². The predicted molar refractivity (Wildman–Crippen MR) is 94.2 cm³/mol. The third-order valence-electron chi connectivity index (χ3n) is 3.19. The van der Waals surface area contributed by atoms with E-state index in [9.17, 15) is 4.79 Å². The molecule has 7 heteroatoms. The molecule has 118 valence electrons. The minimum Gasteiger partial charge on any atom is -0.295 e. The van der Waals surface area contributed by atoms with E-state index in [1.54, 1.807) is 5.38 Å². The Morgan fingerprint density at radius 3 is 2.57 bits per heavy atom. The van der Waals surface area contributed by atoms with Crippen molar-refractivity contribution in [2.45, 2.75) is 26.7 Å². The maximum absolute atomic E-state index is 12.2. The van der Waals surface area contributed by atoms with Crippen LogP contribution in [0.3, 0.4) is 0 Å². The molecule has 0 unspecified atom stereocenters. The molecule has 0 fully saturated rings. The summed E-state index contributed by atoms with van der Waals surface area (Å²) >= 11 is 2.84. The number of benzene rings is 1. The number of hydrogen-bond acceptors (Lipinski definition) is 6. The predicted octanol–water partition coefficient (Wildman–Crippen LogP) is 4.35. The van der Waals surface area contributed by atoms with Crippen molar-refractivity contribution >= 4 is 33.7 Å². The number of nitrogens with zero attached hydrogens (tertiary/aromatic N) is 3. The molecule has 1 amide bonds. The van der Waals surface area contributed by atoms with Gasteiger partial charge in [-0.3, -0.25) is 10.1 Å². The molecule has 2 aromatic heterocycles. The van der Waals surface area contributed by atoms with Gasteiger partial charge in [-0.1, -0.05) is 55.0 Å². The number of carbonyl (C=O) groups is 1. The molecule has 0 aliphatic rings. The molecule has 0 aliphatic carbocycles. The molecule has 2 heterocycles. The first kappa shape index (κ1) is 15.8. The number of aryl methyl sites for hydroxylation is 1. The van der Waals surface area contributed by atoms with Crippen LogP contribution in [0.1, 0.15) is 40.8 Å². The first-order valence-corrected chi connectivity index (χ1v) is 8.90. The Kier molecular flexibility index (Phi) is 4.49.